The molecule has 0 bridgehead atoms. The zero-order chi connectivity index (χ0) is 20.3. The molecule has 0 saturated carbocycles. The second-order valence-electron chi connectivity index (χ2n) is 8.07. The molecule has 8 heteroatoms. The van der Waals surface area contributed by atoms with Gasteiger partial charge in [0.25, 0.3) is 0 Å². The molecule has 1 aliphatic heterocycles. The van der Waals surface area contributed by atoms with Crippen LogP contribution in [-0.2, 0) is 6.42 Å². The second kappa shape index (κ2) is 11.2. The second-order valence-corrected chi connectivity index (χ2v) is 9.08. The standard InChI is InChI=1S/C24H28N4OS.2ClH/c1-29-19-6-7-21-20(14-19)18(16-26-21)8-11-25-15-17-9-12-28(13-10-17)24-27-22-4-2-3-5-23(22)30-24;;/h2-7,14,16-17,25-26H,8-13,15H2,1H3;2*1H. The number of halogens is 2. The third-order valence-corrected chi connectivity index (χ3v) is 7.24. The number of benzene rings is 2. The molecular formula is C24H30Cl2N4OS. The molecule has 172 valence electrons. The van der Waals surface area contributed by atoms with Gasteiger partial charge in [0.05, 0.1) is 17.3 Å². The zero-order valence-electron chi connectivity index (χ0n) is 18.2. The fraction of sp³-hybridized carbons (Fsp3) is 0.375. The number of rotatable bonds is 7. The highest BCUT2D eigenvalue weighted by Crippen LogP contribution is 2.31. The minimum Gasteiger partial charge on any atom is -0.497 e. The largest absolute Gasteiger partial charge is 0.497 e. The van der Waals surface area contributed by atoms with Crippen molar-refractivity contribution in [2.24, 2.45) is 5.92 Å². The number of aromatic nitrogens is 2. The number of ether oxygens (including phenoxy) is 1. The number of H-pyrrole nitrogens is 1. The third-order valence-electron chi connectivity index (χ3n) is 6.15. The predicted octanol–water partition coefficient (Wildman–Crippen LogP) is 5.68. The molecular weight excluding hydrogens is 463 g/mol. The molecule has 32 heavy (non-hydrogen) atoms. The number of thiazole rings is 1. The number of nitrogens with zero attached hydrogens (tertiary/aromatic N) is 2. The Hall–Kier alpha value is -1.99. The van der Waals surface area contributed by atoms with Crippen LogP contribution in [-0.4, -0.2) is 43.3 Å². The maximum Gasteiger partial charge on any atom is 0.186 e. The summed E-state index contributed by atoms with van der Waals surface area (Å²) in [6.45, 7) is 4.31. The Bertz CT molecular complexity index is 1100. The van der Waals surface area contributed by atoms with Crippen molar-refractivity contribution < 1.29 is 4.74 Å². The number of piperidine rings is 1. The Labute approximate surface area is 205 Å². The Morgan fingerprint density at radius 1 is 1.16 bits per heavy atom. The van der Waals surface area contributed by atoms with E-state index in [1.807, 2.05) is 17.4 Å². The third kappa shape index (κ3) is 5.31. The van der Waals surface area contributed by atoms with Crippen molar-refractivity contribution >= 4 is 62.4 Å². The van der Waals surface area contributed by atoms with Crippen LogP contribution in [0.3, 0.4) is 0 Å². The van der Waals surface area contributed by atoms with E-state index in [-0.39, 0.29) is 24.8 Å². The van der Waals surface area contributed by atoms with Gasteiger partial charge in [-0.05, 0) is 74.2 Å². The van der Waals surface area contributed by atoms with Crippen molar-refractivity contribution in [3.05, 3.63) is 54.2 Å². The number of methoxy groups -OCH3 is 1. The molecule has 2 aromatic carbocycles. The zero-order valence-corrected chi connectivity index (χ0v) is 20.6. The first-order chi connectivity index (χ1) is 14.8. The van der Waals surface area contributed by atoms with Gasteiger partial charge in [0, 0.05) is 30.2 Å². The molecule has 3 heterocycles. The lowest BCUT2D eigenvalue weighted by Crippen LogP contribution is -2.37. The lowest BCUT2D eigenvalue weighted by molar-refractivity contribution is 0.384. The molecule has 5 nitrogen and oxygen atoms in total. The van der Waals surface area contributed by atoms with E-state index in [1.165, 1.54) is 39.1 Å². The molecule has 0 radical (unpaired) electrons. The Morgan fingerprint density at radius 2 is 1.97 bits per heavy atom. The predicted molar refractivity (Wildman–Crippen MR) is 140 cm³/mol. The van der Waals surface area contributed by atoms with Crippen molar-refractivity contribution in [3.8, 4) is 5.75 Å². The van der Waals surface area contributed by atoms with Crippen molar-refractivity contribution in [2.75, 3.05) is 38.2 Å². The van der Waals surface area contributed by atoms with Crippen molar-refractivity contribution in [2.45, 2.75) is 19.3 Å². The van der Waals surface area contributed by atoms with Gasteiger partial charge in [0.2, 0.25) is 0 Å². The van der Waals surface area contributed by atoms with Crippen LogP contribution in [0.1, 0.15) is 18.4 Å². The molecule has 4 aromatic rings. The van der Waals surface area contributed by atoms with Crippen LogP contribution in [0.2, 0.25) is 0 Å². The number of para-hydroxylation sites is 1. The molecule has 0 amide bonds. The number of nitrogens with one attached hydrogen (secondary N) is 2. The van der Waals surface area contributed by atoms with E-state index >= 15 is 0 Å². The van der Waals surface area contributed by atoms with Crippen molar-refractivity contribution in [1.82, 2.24) is 15.3 Å². The van der Waals surface area contributed by atoms with Gasteiger partial charge in [-0.1, -0.05) is 23.5 Å². The first kappa shape index (κ1) is 24.6. The van der Waals surface area contributed by atoms with Gasteiger partial charge in [-0.2, -0.15) is 0 Å². The van der Waals surface area contributed by atoms with Gasteiger partial charge < -0.3 is 19.9 Å². The van der Waals surface area contributed by atoms with Gasteiger partial charge >= 0.3 is 0 Å². The molecule has 0 unspecified atom stereocenters. The number of hydrogen-bond donors (Lipinski definition) is 2. The molecule has 5 rings (SSSR count). The van der Waals surface area contributed by atoms with E-state index in [1.54, 1.807) is 7.11 Å². The van der Waals surface area contributed by atoms with E-state index < -0.39 is 0 Å². The molecule has 1 fully saturated rings. The Kier molecular flexibility index (Phi) is 8.65. The number of anilines is 1. The lowest BCUT2D eigenvalue weighted by atomic mass is 9.97. The highest BCUT2D eigenvalue weighted by atomic mass is 35.5. The van der Waals surface area contributed by atoms with E-state index in [0.717, 1.165) is 49.8 Å². The average molecular weight is 494 g/mol. The van der Waals surface area contributed by atoms with Gasteiger partial charge in [-0.15, -0.1) is 24.8 Å². The summed E-state index contributed by atoms with van der Waals surface area (Å²) in [6.07, 6.45) is 5.61. The fourth-order valence-electron chi connectivity index (χ4n) is 4.34. The molecule has 0 aliphatic carbocycles. The van der Waals surface area contributed by atoms with Crippen LogP contribution in [0.25, 0.3) is 21.1 Å². The minimum atomic E-state index is 0. The van der Waals surface area contributed by atoms with Crippen LogP contribution >= 0.6 is 36.2 Å². The normalized spacial score (nSPS) is 14.3. The molecule has 1 saturated heterocycles. The van der Waals surface area contributed by atoms with Crippen LogP contribution < -0.4 is 15.0 Å². The first-order valence-corrected chi connectivity index (χ1v) is 11.6. The Balaban J connectivity index is 0.00000144. The van der Waals surface area contributed by atoms with Crippen LogP contribution in [0.5, 0.6) is 5.75 Å². The van der Waals surface area contributed by atoms with Gasteiger partial charge in [0.15, 0.2) is 5.13 Å². The monoisotopic (exact) mass is 492 g/mol. The van der Waals surface area contributed by atoms with E-state index in [0.29, 0.717) is 0 Å². The quantitative estimate of drug-likeness (QED) is 0.326. The molecule has 2 aromatic heterocycles. The summed E-state index contributed by atoms with van der Waals surface area (Å²) in [5, 5.41) is 6.13. The summed E-state index contributed by atoms with van der Waals surface area (Å²) in [5.41, 5.74) is 3.64. The highest BCUT2D eigenvalue weighted by molar-refractivity contribution is 7.22. The molecule has 0 spiro atoms. The topological polar surface area (TPSA) is 53.2 Å². The van der Waals surface area contributed by atoms with Crippen LogP contribution in [0.15, 0.2) is 48.7 Å². The number of fused-ring (bicyclic) bond motifs is 2. The molecule has 2 N–H and O–H groups in total. The van der Waals surface area contributed by atoms with Gasteiger partial charge in [-0.25, -0.2) is 4.98 Å². The summed E-state index contributed by atoms with van der Waals surface area (Å²) < 4.78 is 6.66. The number of aromatic amines is 1. The fourth-order valence-corrected chi connectivity index (χ4v) is 5.36. The smallest absolute Gasteiger partial charge is 0.186 e. The summed E-state index contributed by atoms with van der Waals surface area (Å²) in [6, 6.07) is 14.6. The van der Waals surface area contributed by atoms with Crippen LogP contribution in [0.4, 0.5) is 5.13 Å². The first-order valence-electron chi connectivity index (χ1n) is 10.8. The van der Waals surface area contributed by atoms with Crippen molar-refractivity contribution in [1.29, 1.82) is 0 Å². The SMILES string of the molecule is COc1ccc2[nH]cc(CCNCC3CCN(c4nc5ccccc5s4)CC3)c2c1.Cl.Cl. The Morgan fingerprint density at radius 3 is 2.75 bits per heavy atom. The molecule has 1 aliphatic rings. The van der Waals surface area contributed by atoms with Crippen LogP contribution in [0, 0.1) is 5.92 Å². The lowest BCUT2D eigenvalue weighted by Gasteiger charge is -2.31. The summed E-state index contributed by atoms with van der Waals surface area (Å²) in [4.78, 5) is 10.6. The van der Waals surface area contributed by atoms with E-state index in [9.17, 15) is 0 Å². The van der Waals surface area contributed by atoms with Gasteiger partial charge in [-0.3, -0.25) is 0 Å². The van der Waals surface area contributed by atoms with E-state index in [4.69, 9.17) is 9.72 Å². The van der Waals surface area contributed by atoms with E-state index in [2.05, 4.69) is 57.8 Å². The minimum absolute atomic E-state index is 0. The summed E-state index contributed by atoms with van der Waals surface area (Å²) >= 11 is 1.82. The average Bonchev–Trinajstić information content (AvgIpc) is 3.41. The maximum atomic E-state index is 5.37. The van der Waals surface area contributed by atoms with Gasteiger partial charge in [0.1, 0.15) is 5.75 Å². The summed E-state index contributed by atoms with van der Waals surface area (Å²) in [5.74, 6) is 1.66. The summed E-state index contributed by atoms with van der Waals surface area (Å²) in [7, 11) is 1.72. The highest BCUT2D eigenvalue weighted by Gasteiger charge is 2.21. The number of hydrogen-bond acceptors (Lipinski definition) is 5. The van der Waals surface area contributed by atoms with Crippen molar-refractivity contribution in [3.63, 3.8) is 0 Å². The maximum absolute atomic E-state index is 5.37. The molecule has 0 atom stereocenters.